The number of amides is 1. The van der Waals surface area contributed by atoms with Crippen LogP contribution in [0.5, 0.6) is 17.2 Å². The highest BCUT2D eigenvalue weighted by Gasteiger charge is 2.31. The predicted molar refractivity (Wildman–Crippen MR) is 104 cm³/mol. The third kappa shape index (κ3) is 6.08. The summed E-state index contributed by atoms with van der Waals surface area (Å²) in [7, 11) is 0. The number of aryl methyl sites for hydroxylation is 1. The molecular formula is C21H17F4N3O3. The van der Waals surface area contributed by atoms with E-state index in [1.54, 1.807) is 31.2 Å². The Bertz CT molecular complexity index is 1090. The second-order valence-corrected chi connectivity index (χ2v) is 6.45. The van der Waals surface area contributed by atoms with Crippen LogP contribution in [0.1, 0.15) is 21.6 Å². The summed E-state index contributed by atoms with van der Waals surface area (Å²) < 4.78 is 59.9. The number of rotatable bonds is 6. The van der Waals surface area contributed by atoms with Gasteiger partial charge in [-0.1, -0.05) is 12.1 Å². The molecule has 2 aromatic carbocycles. The fourth-order valence-electron chi connectivity index (χ4n) is 2.61. The van der Waals surface area contributed by atoms with Crippen molar-refractivity contribution in [1.82, 2.24) is 10.3 Å². The molecule has 0 aliphatic rings. The number of nitrogens with two attached hydrogens (primary N) is 1. The summed E-state index contributed by atoms with van der Waals surface area (Å²) >= 11 is 0. The molecule has 3 rings (SSSR count). The number of alkyl halides is 3. The summed E-state index contributed by atoms with van der Waals surface area (Å²) in [6, 6.07) is 11.9. The van der Waals surface area contributed by atoms with E-state index in [0.717, 1.165) is 18.2 Å². The molecule has 0 bridgehead atoms. The molecule has 0 aliphatic heterocycles. The van der Waals surface area contributed by atoms with E-state index in [2.05, 4.69) is 15.0 Å². The van der Waals surface area contributed by atoms with Gasteiger partial charge in [-0.2, -0.15) is 0 Å². The van der Waals surface area contributed by atoms with Gasteiger partial charge in [0.25, 0.3) is 5.91 Å². The average molecular weight is 435 g/mol. The van der Waals surface area contributed by atoms with E-state index in [4.69, 9.17) is 10.5 Å². The lowest BCUT2D eigenvalue weighted by molar-refractivity contribution is -0.274. The number of pyridine rings is 1. The minimum atomic E-state index is -4.90. The Morgan fingerprint density at radius 2 is 1.74 bits per heavy atom. The number of anilines is 1. The van der Waals surface area contributed by atoms with Gasteiger partial charge < -0.3 is 20.5 Å². The Morgan fingerprint density at radius 1 is 1.06 bits per heavy atom. The zero-order valence-corrected chi connectivity index (χ0v) is 16.2. The van der Waals surface area contributed by atoms with Gasteiger partial charge in [-0.3, -0.25) is 4.79 Å². The molecule has 162 valence electrons. The van der Waals surface area contributed by atoms with E-state index in [1.807, 2.05) is 0 Å². The van der Waals surface area contributed by atoms with Crippen molar-refractivity contribution in [2.45, 2.75) is 19.8 Å². The summed E-state index contributed by atoms with van der Waals surface area (Å²) in [5, 5.41) is 2.70. The zero-order chi connectivity index (χ0) is 22.6. The first-order valence-corrected chi connectivity index (χ1v) is 8.94. The van der Waals surface area contributed by atoms with Crippen LogP contribution in [-0.2, 0) is 6.54 Å². The van der Waals surface area contributed by atoms with Crippen LogP contribution in [0.25, 0.3) is 0 Å². The highest BCUT2D eigenvalue weighted by Crippen LogP contribution is 2.31. The quantitative estimate of drug-likeness (QED) is 0.547. The van der Waals surface area contributed by atoms with Crippen molar-refractivity contribution >= 4 is 11.7 Å². The molecule has 1 amide bonds. The molecule has 3 aromatic rings. The smallest absolute Gasteiger partial charge is 0.454 e. The molecule has 0 radical (unpaired) electrons. The number of hydrogen-bond acceptors (Lipinski definition) is 5. The molecule has 0 saturated carbocycles. The molecule has 1 heterocycles. The number of carbonyl (C=O) groups is 1. The van der Waals surface area contributed by atoms with Gasteiger partial charge in [-0.05, 0) is 48.9 Å². The Hall–Kier alpha value is -3.82. The highest BCUT2D eigenvalue weighted by atomic mass is 19.4. The number of benzene rings is 2. The molecule has 0 aliphatic carbocycles. The first-order chi connectivity index (χ1) is 14.6. The Balaban J connectivity index is 1.63. The second kappa shape index (κ2) is 8.90. The van der Waals surface area contributed by atoms with Gasteiger partial charge in [0.15, 0.2) is 11.6 Å². The molecule has 0 unspecified atom stereocenters. The van der Waals surface area contributed by atoms with E-state index in [1.165, 1.54) is 12.1 Å². The number of hydrogen-bond donors (Lipinski definition) is 2. The number of nitrogens with zero attached hydrogens (tertiary/aromatic N) is 1. The molecular weight excluding hydrogens is 418 g/mol. The van der Waals surface area contributed by atoms with Gasteiger partial charge >= 0.3 is 6.36 Å². The van der Waals surface area contributed by atoms with Gasteiger partial charge in [0.2, 0.25) is 0 Å². The van der Waals surface area contributed by atoms with Crippen molar-refractivity contribution < 1.29 is 31.8 Å². The minimum Gasteiger partial charge on any atom is -0.454 e. The van der Waals surface area contributed by atoms with Gasteiger partial charge in [-0.15, -0.1) is 13.2 Å². The van der Waals surface area contributed by atoms with Crippen molar-refractivity contribution in [3.05, 3.63) is 77.2 Å². The van der Waals surface area contributed by atoms with Crippen LogP contribution in [0, 0.1) is 12.7 Å². The van der Waals surface area contributed by atoms with E-state index in [0.29, 0.717) is 11.3 Å². The first kappa shape index (κ1) is 21.9. The first-order valence-electron chi connectivity index (χ1n) is 8.94. The Morgan fingerprint density at radius 3 is 2.39 bits per heavy atom. The number of carbonyl (C=O) groups excluding carboxylic acids is 1. The molecule has 0 spiro atoms. The molecule has 0 fully saturated rings. The number of ether oxygens (including phenoxy) is 2. The van der Waals surface area contributed by atoms with E-state index in [-0.39, 0.29) is 23.7 Å². The standard InChI is InChI=1S/C21H17F4N3O3/c1-12-2-8-16(19(26)28-12)20(29)27-11-13-3-5-14(6-4-13)30-18-10-15(7-9-17(18)22)31-21(23,24)25/h2-10H,11H2,1H3,(H2,26,28)(H,27,29). The molecule has 0 atom stereocenters. The monoisotopic (exact) mass is 435 g/mol. The van der Waals surface area contributed by atoms with Crippen molar-refractivity contribution in [3.63, 3.8) is 0 Å². The van der Waals surface area contributed by atoms with Crippen molar-refractivity contribution in [2.24, 2.45) is 0 Å². The van der Waals surface area contributed by atoms with E-state index < -0.39 is 29.6 Å². The predicted octanol–water partition coefficient (Wildman–Crippen LogP) is 4.73. The Labute approximate surface area is 174 Å². The summed E-state index contributed by atoms with van der Waals surface area (Å²) in [4.78, 5) is 16.3. The van der Waals surface area contributed by atoms with Crippen LogP contribution in [0.15, 0.2) is 54.6 Å². The SMILES string of the molecule is Cc1ccc(C(=O)NCc2ccc(Oc3cc(OC(F)(F)F)ccc3F)cc2)c(N)n1. The van der Waals surface area contributed by atoms with Gasteiger partial charge in [0, 0.05) is 18.3 Å². The van der Waals surface area contributed by atoms with E-state index in [9.17, 15) is 22.4 Å². The molecule has 3 N–H and O–H groups in total. The zero-order valence-electron chi connectivity index (χ0n) is 16.2. The fourth-order valence-corrected chi connectivity index (χ4v) is 2.61. The molecule has 1 aromatic heterocycles. The lowest BCUT2D eigenvalue weighted by Crippen LogP contribution is -2.24. The van der Waals surface area contributed by atoms with Crippen molar-refractivity contribution in [2.75, 3.05) is 5.73 Å². The normalized spacial score (nSPS) is 11.1. The maximum atomic E-state index is 13.9. The van der Waals surface area contributed by atoms with Gasteiger partial charge in [-0.25, -0.2) is 9.37 Å². The minimum absolute atomic E-state index is 0.125. The summed E-state index contributed by atoms with van der Waals surface area (Å²) in [5.74, 6) is -1.97. The summed E-state index contributed by atoms with van der Waals surface area (Å²) in [5.41, 5.74) is 7.40. The number of halogens is 4. The third-order valence-electron chi connectivity index (χ3n) is 4.05. The van der Waals surface area contributed by atoms with Crippen LogP contribution in [-0.4, -0.2) is 17.3 Å². The number of nitrogens with one attached hydrogen (secondary N) is 1. The fraction of sp³-hybridized carbons (Fsp3) is 0.143. The van der Waals surface area contributed by atoms with Crippen LogP contribution in [0.2, 0.25) is 0 Å². The van der Waals surface area contributed by atoms with E-state index >= 15 is 0 Å². The van der Waals surface area contributed by atoms with Crippen molar-refractivity contribution in [3.8, 4) is 17.2 Å². The van der Waals surface area contributed by atoms with Crippen LogP contribution in [0.3, 0.4) is 0 Å². The summed E-state index contributed by atoms with van der Waals surface area (Å²) in [6.07, 6.45) is -4.90. The number of nitrogen functional groups attached to an aromatic ring is 1. The maximum absolute atomic E-state index is 13.9. The molecule has 10 heteroatoms. The molecule has 31 heavy (non-hydrogen) atoms. The lowest BCUT2D eigenvalue weighted by Gasteiger charge is -2.12. The third-order valence-corrected chi connectivity index (χ3v) is 4.05. The lowest BCUT2D eigenvalue weighted by atomic mass is 10.2. The highest BCUT2D eigenvalue weighted by molar-refractivity contribution is 5.98. The van der Waals surface area contributed by atoms with Crippen LogP contribution >= 0.6 is 0 Å². The molecule has 0 saturated heterocycles. The summed E-state index contributed by atoms with van der Waals surface area (Å²) in [6.45, 7) is 1.93. The van der Waals surface area contributed by atoms with Crippen LogP contribution in [0.4, 0.5) is 23.4 Å². The largest absolute Gasteiger partial charge is 0.573 e. The van der Waals surface area contributed by atoms with Gasteiger partial charge in [0.1, 0.15) is 17.3 Å². The average Bonchev–Trinajstić information content (AvgIpc) is 2.68. The molecule has 6 nitrogen and oxygen atoms in total. The second-order valence-electron chi connectivity index (χ2n) is 6.45. The van der Waals surface area contributed by atoms with Gasteiger partial charge in [0.05, 0.1) is 5.56 Å². The number of aromatic nitrogens is 1. The van der Waals surface area contributed by atoms with Crippen LogP contribution < -0.4 is 20.5 Å². The maximum Gasteiger partial charge on any atom is 0.573 e. The van der Waals surface area contributed by atoms with Crippen molar-refractivity contribution in [1.29, 1.82) is 0 Å². The Kier molecular flexibility index (Phi) is 6.28. The topological polar surface area (TPSA) is 86.5 Å².